The molecule has 1 aliphatic rings. The van der Waals surface area contributed by atoms with E-state index in [0.717, 1.165) is 12.8 Å². The Bertz CT molecular complexity index is 1050. The molecule has 1 N–H and O–H groups in total. The van der Waals surface area contributed by atoms with E-state index in [1.165, 1.54) is 0 Å². The first-order valence-electron chi connectivity index (χ1n) is 10.7. The Morgan fingerprint density at radius 1 is 1.19 bits per heavy atom. The Morgan fingerprint density at radius 3 is 2.56 bits per heavy atom. The van der Waals surface area contributed by atoms with Crippen LogP contribution < -0.4 is 9.47 Å². The molecule has 1 unspecified atom stereocenters. The molecule has 0 saturated carbocycles. The van der Waals surface area contributed by atoms with E-state index in [1.54, 1.807) is 30.2 Å². The van der Waals surface area contributed by atoms with Crippen LogP contribution in [0.2, 0.25) is 0 Å². The van der Waals surface area contributed by atoms with Crippen molar-refractivity contribution < 1.29 is 24.2 Å². The minimum absolute atomic E-state index is 0.0200. The summed E-state index contributed by atoms with van der Waals surface area (Å²) in [5.74, 6) is -0.268. The van der Waals surface area contributed by atoms with Crippen molar-refractivity contribution in [2.24, 2.45) is 0 Å². The standard InChI is InChI=1S/C25H28BrNO5/c1-5-6-12-27-22(16-8-7-9-18(13-16)32-15(2)3)21(24(29)25(27)30)23(28)17-10-11-20(31-4)19(26)14-17/h7-11,13-15,22,28H,5-6,12H2,1-4H3/b23-21+. The van der Waals surface area contributed by atoms with Gasteiger partial charge in [-0.05, 0) is 72.1 Å². The Morgan fingerprint density at radius 2 is 1.94 bits per heavy atom. The third kappa shape index (κ3) is 4.83. The summed E-state index contributed by atoms with van der Waals surface area (Å²) in [6.45, 7) is 6.31. The molecule has 2 aromatic rings. The van der Waals surface area contributed by atoms with Gasteiger partial charge in [-0.2, -0.15) is 0 Å². The van der Waals surface area contributed by atoms with Crippen LogP contribution in [-0.2, 0) is 9.59 Å². The molecule has 0 spiro atoms. The van der Waals surface area contributed by atoms with Crippen molar-refractivity contribution in [1.29, 1.82) is 0 Å². The average molecular weight is 502 g/mol. The van der Waals surface area contributed by atoms with Crippen molar-refractivity contribution in [2.45, 2.75) is 45.8 Å². The van der Waals surface area contributed by atoms with Crippen LogP contribution in [0.3, 0.4) is 0 Å². The highest BCUT2D eigenvalue weighted by molar-refractivity contribution is 9.10. The Kier molecular flexibility index (Phi) is 7.61. The SMILES string of the molecule is CCCCN1C(=O)C(=O)/C(=C(/O)c2ccc(OC)c(Br)c2)C1c1cccc(OC(C)C)c1. The maximum Gasteiger partial charge on any atom is 0.295 e. The number of hydrogen-bond acceptors (Lipinski definition) is 5. The molecule has 1 aliphatic heterocycles. The van der Waals surface area contributed by atoms with Crippen molar-refractivity contribution in [2.75, 3.05) is 13.7 Å². The number of aliphatic hydroxyl groups excluding tert-OH is 1. The van der Waals surface area contributed by atoms with Gasteiger partial charge in [0.1, 0.15) is 17.3 Å². The molecule has 0 bridgehead atoms. The van der Waals surface area contributed by atoms with E-state index < -0.39 is 17.7 Å². The molecule has 32 heavy (non-hydrogen) atoms. The van der Waals surface area contributed by atoms with Gasteiger partial charge in [0.25, 0.3) is 11.7 Å². The second-order valence-corrected chi connectivity index (χ2v) is 8.79. The lowest BCUT2D eigenvalue weighted by molar-refractivity contribution is -0.139. The fraction of sp³-hybridized carbons (Fsp3) is 0.360. The third-order valence-corrected chi connectivity index (χ3v) is 5.88. The molecule has 1 fully saturated rings. The number of ketones is 1. The number of amides is 1. The minimum Gasteiger partial charge on any atom is -0.507 e. The lowest BCUT2D eigenvalue weighted by Crippen LogP contribution is -2.30. The number of Topliss-reactive ketones (excluding diaryl/α,β-unsaturated/α-hetero) is 1. The number of ether oxygens (including phenoxy) is 2. The molecule has 2 aromatic carbocycles. The van der Waals surface area contributed by atoms with Crippen LogP contribution in [-0.4, -0.2) is 41.5 Å². The summed E-state index contributed by atoms with van der Waals surface area (Å²) in [6.07, 6.45) is 1.60. The maximum absolute atomic E-state index is 13.1. The largest absolute Gasteiger partial charge is 0.507 e. The van der Waals surface area contributed by atoms with Crippen LogP contribution >= 0.6 is 15.9 Å². The van der Waals surface area contributed by atoms with Gasteiger partial charge < -0.3 is 19.5 Å². The number of carbonyl (C=O) groups excluding carboxylic acids is 2. The summed E-state index contributed by atoms with van der Waals surface area (Å²) < 4.78 is 11.7. The normalized spacial score (nSPS) is 17.8. The van der Waals surface area contributed by atoms with E-state index in [1.807, 2.05) is 45.0 Å². The molecule has 1 heterocycles. The molecule has 1 amide bonds. The summed E-state index contributed by atoms with van der Waals surface area (Å²) in [5, 5.41) is 11.2. The number of rotatable bonds is 8. The van der Waals surface area contributed by atoms with Gasteiger partial charge in [0.05, 0.1) is 29.3 Å². The molecule has 6 nitrogen and oxygen atoms in total. The Balaban J connectivity index is 2.15. The zero-order valence-electron chi connectivity index (χ0n) is 18.7. The smallest absolute Gasteiger partial charge is 0.295 e. The predicted octanol–water partition coefficient (Wildman–Crippen LogP) is 5.47. The molecule has 1 saturated heterocycles. The highest BCUT2D eigenvalue weighted by atomic mass is 79.9. The lowest BCUT2D eigenvalue weighted by atomic mass is 9.95. The summed E-state index contributed by atoms with van der Waals surface area (Å²) >= 11 is 3.41. The molecule has 0 radical (unpaired) electrons. The van der Waals surface area contributed by atoms with E-state index in [2.05, 4.69) is 15.9 Å². The highest BCUT2D eigenvalue weighted by Gasteiger charge is 2.45. The van der Waals surface area contributed by atoms with Gasteiger partial charge in [0, 0.05) is 12.1 Å². The topological polar surface area (TPSA) is 76.1 Å². The van der Waals surface area contributed by atoms with Crippen LogP contribution in [0.4, 0.5) is 0 Å². The molecule has 0 aromatic heterocycles. The maximum atomic E-state index is 13.1. The van der Waals surface area contributed by atoms with Crippen LogP contribution in [0.25, 0.3) is 5.76 Å². The molecule has 1 atom stereocenters. The highest BCUT2D eigenvalue weighted by Crippen LogP contribution is 2.41. The minimum atomic E-state index is -0.696. The van der Waals surface area contributed by atoms with Crippen LogP contribution in [0.5, 0.6) is 11.5 Å². The number of unbranched alkanes of at least 4 members (excludes halogenated alkanes) is 1. The van der Waals surface area contributed by atoms with Crippen molar-refractivity contribution >= 4 is 33.4 Å². The Labute approximate surface area is 197 Å². The van der Waals surface area contributed by atoms with E-state index in [9.17, 15) is 14.7 Å². The van der Waals surface area contributed by atoms with Crippen molar-refractivity contribution in [3.63, 3.8) is 0 Å². The van der Waals surface area contributed by atoms with E-state index in [-0.39, 0.29) is 17.4 Å². The van der Waals surface area contributed by atoms with Crippen molar-refractivity contribution in [3.05, 3.63) is 63.6 Å². The van der Waals surface area contributed by atoms with Crippen LogP contribution in [0.15, 0.2) is 52.5 Å². The number of likely N-dealkylation sites (tertiary alicyclic amines) is 1. The number of halogens is 1. The molecular weight excluding hydrogens is 474 g/mol. The first kappa shape index (κ1) is 23.9. The number of methoxy groups -OCH3 is 1. The summed E-state index contributed by atoms with van der Waals surface area (Å²) in [5.41, 5.74) is 1.21. The number of carbonyl (C=O) groups is 2. The van der Waals surface area contributed by atoms with Gasteiger partial charge in [0.2, 0.25) is 0 Å². The summed E-state index contributed by atoms with van der Waals surface area (Å²) in [4.78, 5) is 27.6. The van der Waals surface area contributed by atoms with Gasteiger partial charge in [-0.25, -0.2) is 0 Å². The first-order chi connectivity index (χ1) is 15.3. The van der Waals surface area contributed by atoms with Crippen molar-refractivity contribution in [3.8, 4) is 11.5 Å². The number of benzene rings is 2. The lowest BCUT2D eigenvalue weighted by Gasteiger charge is -2.25. The molecule has 0 aliphatic carbocycles. The van der Waals surface area contributed by atoms with Gasteiger partial charge in [-0.3, -0.25) is 9.59 Å². The average Bonchev–Trinajstić information content (AvgIpc) is 3.01. The number of aliphatic hydroxyl groups is 1. The fourth-order valence-corrected chi connectivity index (χ4v) is 4.33. The van der Waals surface area contributed by atoms with Gasteiger partial charge in [0.15, 0.2) is 0 Å². The quantitative estimate of drug-likeness (QED) is 0.295. The predicted molar refractivity (Wildman–Crippen MR) is 127 cm³/mol. The second-order valence-electron chi connectivity index (χ2n) is 7.93. The zero-order chi connectivity index (χ0) is 23.4. The molecule has 3 rings (SSSR count). The van der Waals surface area contributed by atoms with Gasteiger partial charge in [-0.15, -0.1) is 0 Å². The number of nitrogens with zero attached hydrogens (tertiary/aromatic N) is 1. The van der Waals surface area contributed by atoms with Crippen LogP contribution in [0.1, 0.15) is 50.8 Å². The Hall–Kier alpha value is -2.80. The third-order valence-electron chi connectivity index (χ3n) is 5.26. The van der Waals surface area contributed by atoms with E-state index >= 15 is 0 Å². The summed E-state index contributed by atoms with van der Waals surface area (Å²) in [6, 6.07) is 11.7. The second kappa shape index (κ2) is 10.2. The fourth-order valence-electron chi connectivity index (χ4n) is 3.78. The van der Waals surface area contributed by atoms with Gasteiger partial charge in [-0.1, -0.05) is 25.5 Å². The van der Waals surface area contributed by atoms with Crippen molar-refractivity contribution in [1.82, 2.24) is 4.90 Å². The van der Waals surface area contributed by atoms with Gasteiger partial charge >= 0.3 is 0 Å². The molecular formula is C25H28BrNO5. The van der Waals surface area contributed by atoms with E-state index in [4.69, 9.17) is 9.47 Å². The molecule has 170 valence electrons. The zero-order valence-corrected chi connectivity index (χ0v) is 20.3. The summed E-state index contributed by atoms with van der Waals surface area (Å²) in [7, 11) is 1.55. The first-order valence-corrected chi connectivity index (χ1v) is 11.5. The molecule has 7 heteroatoms. The van der Waals surface area contributed by atoms with E-state index in [0.29, 0.717) is 33.6 Å². The van der Waals surface area contributed by atoms with Crippen LogP contribution in [0, 0.1) is 0 Å². The monoisotopic (exact) mass is 501 g/mol. The number of hydrogen-bond donors (Lipinski definition) is 1.